The largest absolute Gasteiger partial charge is 0.464 e. The summed E-state index contributed by atoms with van der Waals surface area (Å²) in [6.07, 6.45) is 5.52. The molecule has 3 saturated heterocycles. The van der Waals surface area contributed by atoms with Crippen LogP contribution in [0.2, 0.25) is 0 Å². The highest BCUT2D eigenvalue weighted by atomic mass is 32.1. The van der Waals surface area contributed by atoms with Gasteiger partial charge in [-0.1, -0.05) is 19.9 Å². The summed E-state index contributed by atoms with van der Waals surface area (Å²) in [6, 6.07) is 8.45. The van der Waals surface area contributed by atoms with Gasteiger partial charge >= 0.3 is 12.0 Å². The van der Waals surface area contributed by atoms with Gasteiger partial charge in [-0.05, 0) is 76.4 Å². The molecular formula is C43H55N9O5S. The predicted octanol–water partition coefficient (Wildman–Crippen LogP) is 5.45. The van der Waals surface area contributed by atoms with Crippen molar-refractivity contribution in [3.05, 3.63) is 58.2 Å². The van der Waals surface area contributed by atoms with E-state index in [2.05, 4.69) is 72.3 Å². The number of piperidine rings is 1. The fourth-order valence-corrected chi connectivity index (χ4v) is 10.2. The van der Waals surface area contributed by atoms with Gasteiger partial charge in [0.2, 0.25) is 0 Å². The van der Waals surface area contributed by atoms with Gasteiger partial charge in [0, 0.05) is 97.4 Å². The molecule has 4 aliphatic heterocycles. The summed E-state index contributed by atoms with van der Waals surface area (Å²) in [5.74, 6) is -0.591. The molecule has 4 aliphatic rings. The third-order valence-corrected chi connectivity index (χ3v) is 13.5. The molecular weight excluding hydrogens is 755 g/mol. The Morgan fingerprint density at radius 2 is 2.05 bits per heavy atom. The Kier molecular flexibility index (Phi) is 10.9. The lowest BCUT2D eigenvalue weighted by atomic mass is 9.70. The van der Waals surface area contributed by atoms with Crippen molar-refractivity contribution in [2.24, 2.45) is 11.3 Å². The van der Waals surface area contributed by atoms with Crippen LogP contribution in [0.3, 0.4) is 0 Å². The predicted molar refractivity (Wildman–Crippen MR) is 224 cm³/mol. The van der Waals surface area contributed by atoms with E-state index in [0.29, 0.717) is 43.8 Å². The standard InChI is InChI=1S/C43H55N9O5S/c1-7-50-35-13-12-27-18-30(35)31(38(50)29-10-8-15-45-37(29)26(2)56-6)20-42(3,4)25-57-40(54)32-11-9-16-52(48-32)39(53)33(19-36-46-34(27)23-58-36)47-41(55)51-22-28-21-49(5)17-14-43(28,51)24-44/h8,10,12-13,15,18,23-24,26,28,32-33,44,48H,7,9,11,14,16-17,19-22,25H2,1-6H3,(H,47,55)/t26-,28+,32-,33-,43-/m0/s1. The Hall–Kier alpha value is -4.70. The molecule has 1 aromatic carbocycles. The summed E-state index contributed by atoms with van der Waals surface area (Å²) in [4.78, 5) is 56.1. The minimum Gasteiger partial charge on any atom is -0.464 e. The number of aromatic nitrogens is 3. The van der Waals surface area contributed by atoms with Crippen molar-refractivity contribution in [1.29, 1.82) is 5.41 Å². The van der Waals surface area contributed by atoms with E-state index in [0.717, 1.165) is 64.3 Å². The average molecular weight is 810 g/mol. The first-order valence-electron chi connectivity index (χ1n) is 20.5. The number of amides is 3. The van der Waals surface area contributed by atoms with Crippen molar-refractivity contribution >= 4 is 46.4 Å². The van der Waals surface area contributed by atoms with E-state index in [1.165, 1.54) is 22.6 Å². The molecule has 3 N–H and O–H groups in total. The SMILES string of the molecule is CCn1c(-c2cccnc2[C@H](C)OC)c2c3cc(ccc31)-c1csc(n1)C[C@H](NC(=O)N1C[C@H]3CN(C)CC[C@]31C=N)C(=O)N1CCC[C@H](N1)C(=O)OCC(C)(C)C2. The van der Waals surface area contributed by atoms with Gasteiger partial charge in [0.05, 0.1) is 40.3 Å². The third kappa shape index (κ3) is 7.20. The first-order valence-corrected chi connectivity index (χ1v) is 21.3. The number of nitrogens with zero attached hydrogens (tertiary/aromatic N) is 6. The van der Waals surface area contributed by atoms with Gasteiger partial charge in [-0.25, -0.2) is 15.2 Å². The number of carbonyl (C=O) groups excluding carboxylic acids is 3. The number of hydrazine groups is 1. The van der Waals surface area contributed by atoms with E-state index in [-0.39, 0.29) is 37.0 Å². The summed E-state index contributed by atoms with van der Waals surface area (Å²) in [5.41, 5.74) is 8.87. The van der Waals surface area contributed by atoms with E-state index in [4.69, 9.17) is 24.9 Å². The minimum atomic E-state index is -0.960. The van der Waals surface area contributed by atoms with Crippen LogP contribution in [0, 0.1) is 16.7 Å². The van der Waals surface area contributed by atoms with Crippen molar-refractivity contribution in [2.75, 3.05) is 46.9 Å². The first kappa shape index (κ1) is 40.1. The fraction of sp³-hybridized carbons (Fsp3) is 0.535. The highest BCUT2D eigenvalue weighted by Gasteiger charge is 2.56. The number of carbonyl (C=O) groups is 3. The topological polar surface area (TPSA) is 158 Å². The van der Waals surface area contributed by atoms with E-state index in [9.17, 15) is 14.4 Å². The van der Waals surface area contributed by atoms with Crippen molar-refractivity contribution < 1.29 is 23.9 Å². The number of pyridine rings is 1. The van der Waals surface area contributed by atoms with Gasteiger partial charge in [0.1, 0.15) is 12.1 Å². The smallest absolute Gasteiger partial charge is 0.324 e. The van der Waals surface area contributed by atoms with Crippen LogP contribution in [0.5, 0.6) is 0 Å². The Morgan fingerprint density at radius 1 is 1.22 bits per heavy atom. The highest BCUT2D eigenvalue weighted by molar-refractivity contribution is 7.10. The Morgan fingerprint density at radius 3 is 2.81 bits per heavy atom. The molecule has 3 amide bonds. The molecule has 7 heterocycles. The zero-order chi connectivity index (χ0) is 40.9. The van der Waals surface area contributed by atoms with Crippen LogP contribution >= 0.6 is 11.3 Å². The van der Waals surface area contributed by atoms with Crippen LogP contribution in [0.1, 0.15) is 69.3 Å². The summed E-state index contributed by atoms with van der Waals surface area (Å²) < 4.78 is 14.2. The zero-order valence-corrected chi connectivity index (χ0v) is 35.2. The lowest BCUT2D eigenvalue weighted by Gasteiger charge is -2.60. The molecule has 4 aromatic rings. The molecule has 0 unspecified atom stereocenters. The molecule has 3 aromatic heterocycles. The summed E-state index contributed by atoms with van der Waals surface area (Å²) in [7, 11) is 3.76. The number of esters is 1. The van der Waals surface area contributed by atoms with Crippen molar-refractivity contribution in [1.82, 2.24) is 40.1 Å². The normalized spacial score (nSPS) is 25.7. The number of methoxy groups -OCH3 is 1. The van der Waals surface area contributed by atoms with E-state index in [1.807, 2.05) is 18.4 Å². The Bertz CT molecular complexity index is 2240. The minimum absolute atomic E-state index is 0.166. The Balaban J connectivity index is 1.20. The molecule has 5 atom stereocenters. The van der Waals surface area contributed by atoms with Gasteiger partial charge < -0.3 is 34.6 Å². The summed E-state index contributed by atoms with van der Waals surface area (Å²) >= 11 is 1.46. The number of cyclic esters (lactones) is 1. The number of urea groups is 1. The molecule has 3 fully saturated rings. The molecule has 0 spiro atoms. The third-order valence-electron chi connectivity index (χ3n) is 12.7. The fourth-order valence-electron chi connectivity index (χ4n) is 9.38. The first-order chi connectivity index (χ1) is 27.9. The van der Waals surface area contributed by atoms with Gasteiger partial charge in [-0.15, -0.1) is 11.3 Å². The Labute approximate surface area is 343 Å². The monoisotopic (exact) mass is 809 g/mol. The van der Waals surface area contributed by atoms with Gasteiger partial charge in [-0.2, -0.15) is 0 Å². The summed E-state index contributed by atoms with van der Waals surface area (Å²) in [5, 5.41) is 16.7. The molecule has 6 bridgehead atoms. The number of likely N-dealkylation sites (tertiary alicyclic amines) is 2. The molecule has 58 heavy (non-hydrogen) atoms. The second kappa shape index (κ2) is 15.8. The number of ether oxygens (including phenoxy) is 2. The number of aryl methyl sites for hydroxylation is 1. The maximum atomic E-state index is 14.4. The maximum absolute atomic E-state index is 14.4. The molecule has 0 radical (unpaired) electrons. The lowest BCUT2D eigenvalue weighted by molar-refractivity contribution is -0.155. The molecule has 15 heteroatoms. The molecule has 8 rings (SSSR count). The number of hydrogen-bond acceptors (Lipinski definition) is 11. The van der Waals surface area contributed by atoms with Gasteiger partial charge in [-0.3, -0.25) is 19.6 Å². The second-order valence-corrected chi connectivity index (χ2v) is 18.1. The second-order valence-electron chi connectivity index (χ2n) is 17.2. The van der Waals surface area contributed by atoms with Crippen LogP contribution in [0.15, 0.2) is 41.9 Å². The quantitative estimate of drug-likeness (QED) is 0.170. The van der Waals surface area contributed by atoms with Crippen LogP contribution in [0.4, 0.5) is 4.79 Å². The van der Waals surface area contributed by atoms with Crippen LogP contribution in [0.25, 0.3) is 33.4 Å². The maximum Gasteiger partial charge on any atom is 0.324 e. The molecule has 0 saturated carbocycles. The number of nitrogens with one attached hydrogen (secondary N) is 3. The highest BCUT2D eigenvalue weighted by Crippen LogP contribution is 2.43. The van der Waals surface area contributed by atoms with E-state index >= 15 is 0 Å². The zero-order valence-electron chi connectivity index (χ0n) is 34.3. The van der Waals surface area contributed by atoms with Crippen LogP contribution in [-0.4, -0.2) is 118 Å². The molecule has 14 nitrogen and oxygen atoms in total. The van der Waals surface area contributed by atoms with E-state index in [1.54, 1.807) is 18.2 Å². The number of thiazole rings is 1. The number of fused-ring (bicyclic) bond motifs is 7. The number of rotatable bonds is 6. The molecule has 308 valence electrons. The summed E-state index contributed by atoms with van der Waals surface area (Å²) in [6.45, 7) is 11.7. The van der Waals surface area contributed by atoms with Crippen molar-refractivity contribution in [3.8, 4) is 22.5 Å². The lowest BCUT2D eigenvalue weighted by Crippen LogP contribution is -2.76. The van der Waals surface area contributed by atoms with E-state index < -0.39 is 29.0 Å². The van der Waals surface area contributed by atoms with Crippen molar-refractivity contribution in [2.45, 2.75) is 90.1 Å². The average Bonchev–Trinajstić information content (AvgIpc) is 3.81. The van der Waals surface area contributed by atoms with Gasteiger partial charge in [0.25, 0.3) is 5.91 Å². The number of hydrogen-bond donors (Lipinski definition) is 3. The van der Waals surface area contributed by atoms with Crippen LogP contribution < -0.4 is 10.7 Å². The number of benzene rings is 1. The van der Waals surface area contributed by atoms with Gasteiger partial charge in [0.15, 0.2) is 0 Å². The van der Waals surface area contributed by atoms with Crippen molar-refractivity contribution in [3.63, 3.8) is 0 Å². The van der Waals surface area contributed by atoms with Crippen LogP contribution in [-0.2, 0) is 38.4 Å². The molecule has 0 aliphatic carbocycles.